The summed E-state index contributed by atoms with van der Waals surface area (Å²) in [5.74, 6) is 0. The molecule has 1 rings (SSSR count). The highest BCUT2D eigenvalue weighted by Crippen LogP contribution is 2.17. The molecule has 0 aliphatic carbocycles. The average Bonchev–Trinajstić information content (AvgIpc) is 1.83. The molecule has 0 aromatic heterocycles. The molecule has 9 heavy (non-hydrogen) atoms. The molecule has 1 aromatic rings. The minimum absolute atomic E-state index is 0.657. The van der Waals surface area contributed by atoms with Crippen molar-refractivity contribution >= 4 is 38.6 Å². The van der Waals surface area contributed by atoms with E-state index in [0.717, 1.165) is 15.4 Å². The molecule has 0 heterocycles. The van der Waals surface area contributed by atoms with Crippen LogP contribution in [-0.2, 0) is 0 Å². The first kappa shape index (κ1) is 7.13. The van der Waals surface area contributed by atoms with Gasteiger partial charge >= 0.3 is 0 Å². The van der Waals surface area contributed by atoms with Gasteiger partial charge in [0.15, 0.2) is 0 Å². The Hall–Kier alpha value is 0.0169. The van der Waals surface area contributed by atoms with Gasteiger partial charge in [0.2, 0.25) is 0 Å². The summed E-state index contributed by atoms with van der Waals surface area (Å²) in [5, 5.41) is 2.53. The van der Waals surface area contributed by atoms with Crippen LogP contribution in [0.25, 0.3) is 0 Å². The third-order valence-electron chi connectivity index (χ3n) is 1.14. The Morgan fingerprint density at radius 3 is 2.33 bits per heavy atom. The topological polar surface area (TPSA) is 0 Å². The zero-order chi connectivity index (χ0) is 6.85. The molecule has 0 N–H and O–H groups in total. The lowest BCUT2D eigenvalue weighted by molar-refractivity contribution is 1.76. The fraction of sp³-hybridized carbons (Fsp3) is 0. The molecule has 0 aliphatic rings. The number of hydrogen-bond donors (Lipinski definition) is 0. The van der Waals surface area contributed by atoms with E-state index in [1.165, 1.54) is 0 Å². The van der Waals surface area contributed by atoms with Crippen LogP contribution in [0, 0.1) is 0 Å². The van der Waals surface area contributed by atoms with Crippen LogP contribution in [0.2, 0.25) is 10.0 Å². The van der Waals surface area contributed by atoms with Crippen molar-refractivity contribution in [2.45, 2.75) is 0 Å². The lowest BCUT2D eigenvalue weighted by atomic mass is 10.4. The van der Waals surface area contributed by atoms with Gasteiger partial charge in [0.25, 0.3) is 0 Å². The van der Waals surface area contributed by atoms with Gasteiger partial charge in [-0.2, -0.15) is 0 Å². The van der Waals surface area contributed by atoms with Crippen molar-refractivity contribution in [3.8, 4) is 0 Å². The molecular weight excluding hydrogens is 171 g/mol. The van der Waals surface area contributed by atoms with Gasteiger partial charge in [-0.05, 0) is 6.07 Å². The lowest BCUT2D eigenvalue weighted by Crippen LogP contribution is -2.02. The van der Waals surface area contributed by atoms with Gasteiger partial charge in [-0.15, -0.1) is 0 Å². The molecule has 0 atom stereocenters. The first-order chi connectivity index (χ1) is 4.22. The number of rotatable bonds is 0. The van der Waals surface area contributed by atoms with Crippen molar-refractivity contribution in [2.75, 3.05) is 0 Å². The van der Waals surface area contributed by atoms with Crippen LogP contribution < -0.4 is 5.19 Å². The third-order valence-corrected chi connectivity index (χ3v) is 3.21. The van der Waals surface area contributed by atoms with Crippen LogP contribution in [0.4, 0.5) is 0 Å². The van der Waals surface area contributed by atoms with E-state index in [0.29, 0.717) is 10.0 Å². The third kappa shape index (κ3) is 1.48. The van der Waals surface area contributed by atoms with E-state index in [-0.39, 0.29) is 0 Å². The monoisotopic (exact) mass is 176 g/mol. The molecule has 0 fully saturated rings. The zero-order valence-electron chi connectivity index (χ0n) is 4.99. The molecule has 3 heteroatoms. The van der Waals surface area contributed by atoms with Gasteiger partial charge in [0.05, 0.1) is 10.0 Å². The molecule has 0 saturated carbocycles. The van der Waals surface area contributed by atoms with Gasteiger partial charge in [-0.25, -0.2) is 0 Å². The number of hydrogen-bond acceptors (Lipinski definition) is 0. The minimum Gasteiger partial charge on any atom is -0.0829 e. The molecule has 48 valence electrons. The normalized spacial score (nSPS) is 10.0. The summed E-state index contributed by atoms with van der Waals surface area (Å²) in [6.07, 6.45) is 0. The predicted molar refractivity (Wildman–Crippen MR) is 46.0 cm³/mol. The maximum absolute atomic E-state index is 5.78. The van der Waals surface area contributed by atoms with Crippen molar-refractivity contribution in [1.82, 2.24) is 0 Å². The molecule has 0 aliphatic heterocycles. The molecular formula is C6H6Cl2Si. The first-order valence-electron chi connectivity index (χ1n) is 2.62. The Balaban J connectivity index is 3.25. The van der Waals surface area contributed by atoms with Gasteiger partial charge in [-0.1, -0.05) is 40.5 Å². The molecule has 0 bridgehead atoms. The molecule has 0 amide bonds. The van der Waals surface area contributed by atoms with Gasteiger partial charge in [0, 0.05) is 10.2 Å². The van der Waals surface area contributed by atoms with Crippen LogP contribution in [0.3, 0.4) is 0 Å². The summed E-state index contributed by atoms with van der Waals surface area (Å²) < 4.78 is 0. The van der Waals surface area contributed by atoms with Crippen LogP contribution in [0.5, 0.6) is 0 Å². The van der Waals surface area contributed by atoms with Crippen molar-refractivity contribution in [3.63, 3.8) is 0 Å². The van der Waals surface area contributed by atoms with E-state index in [9.17, 15) is 0 Å². The minimum atomic E-state index is 0.657. The van der Waals surface area contributed by atoms with Crippen LogP contribution >= 0.6 is 23.2 Å². The highest BCUT2D eigenvalue weighted by molar-refractivity contribution is 6.50. The van der Waals surface area contributed by atoms with E-state index in [2.05, 4.69) is 0 Å². The van der Waals surface area contributed by atoms with Crippen LogP contribution in [0.15, 0.2) is 18.2 Å². The molecule has 1 aromatic carbocycles. The Morgan fingerprint density at radius 1 is 1.22 bits per heavy atom. The summed E-state index contributed by atoms with van der Waals surface area (Å²) in [7, 11) is 0.958. The summed E-state index contributed by atoms with van der Waals surface area (Å²) in [6.45, 7) is 0. The fourth-order valence-electron chi connectivity index (χ4n) is 0.612. The molecule has 0 radical (unpaired) electrons. The second-order valence-electron chi connectivity index (χ2n) is 1.87. The highest BCUT2D eigenvalue weighted by Gasteiger charge is 1.96. The Bertz CT molecular complexity index is 202. The SMILES string of the molecule is [SiH3]c1cccc(Cl)c1Cl. The standard InChI is InChI=1S/C6H6Cl2Si/c7-4-2-1-3-5(9)6(4)8/h1-3H,9H3. The van der Waals surface area contributed by atoms with Gasteiger partial charge < -0.3 is 0 Å². The smallest absolute Gasteiger partial charge is 0.0590 e. The largest absolute Gasteiger partial charge is 0.0829 e. The second kappa shape index (κ2) is 2.73. The number of halogens is 2. The van der Waals surface area contributed by atoms with Crippen molar-refractivity contribution < 1.29 is 0 Å². The molecule has 0 saturated heterocycles. The van der Waals surface area contributed by atoms with E-state index >= 15 is 0 Å². The van der Waals surface area contributed by atoms with Crippen molar-refractivity contribution in [2.24, 2.45) is 0 Å². The molecule has 0 unspecified atom stereocenters. The Morgan fingerprint density at radius 2 is 1.89 bits per heavy atom. The average molecular weight is 177 g/mol. The first-order valence-corrected chi connectivity index (χ1v) is 4.38. The van der Waals surface area contributed by atoms with E-state index in [1.807, 2.05) is 12.1 Å². The summed E-state index contributed by atoms with van der Waals surface area (Å²) in [4.78, 5) is 0. The van der Waals surface area contributed by atoms with E-state index < -0.39 is 0 Å². The lowest BCUT2D eigenvalue weighted by Gasteiger charge is -1.96. The summed E-state index contributed by atoms with van der Waals surface area (Å²) >= 11 is 11.5. The summed E-state index contributed by atoms with van der Waals surface area (Å²) in [6, 6.07) is 5.70. The maximum Gasteiger partial charge on any atom is 0.0590 e. The Labute approximate surface area is 67.2 Å². The van der Waals surface area contributed by atoms with Crippen LogP contribution in [-0.4, -0.2) is 10.2 Å². The zero-order valence-corrected chi connectivity index (χ0v) is 8.50. The van der Waals surface area contributed by atoms with Crippen LogP contribution in [0.1, 0.15) is 0 Å². The predicted octanol–water partition coefficient (Wildman–Crippen LogP) is 0.984. The summed E-state index contributed by atoms with van der Waals surface area (Å²) in [5.41, 5.74) is 0. The van der Waals surface area contributed by atoms with Gasteiger partial charge in [0.1, 0.15) is 0 Å². The maximum atomic E-state index is 5.78. The second-order valence-corrected chi connectivity index (χ2v) is 3.73. The highest BCUT2D eigenvalue weighted by atomic mass is 35.5. The van der Waals surface area contributed by atoms with Crippen molar-refractivity contribution in [3.05, 3.63) is 28.2 Å². The quantitative estimate of drug-likeness (QED) is 0.518. The molecule has 0 nitrogen and oxygen atoms in total. The fourth-order valence-corrected chi connectivity index (χ4v) is 1.58. The van der Waals surface area contributed by atoms with E-state index in [1.54, 1.807) is 6.07 Å². The molecule has 0 spiro atoms. The number of benzene rings is 1. The van der Waals surface area contributed by atoms with Gasteiger partial charge in [-0.3, -0.25) is 0 Å². The Kier molecular flexibility index (Phi) is 2.16. The van der Waals surface area contributed by atoms with E-state index in [4.69, 9.17) is 23.2 Å². The van der Waals surface area contributed by atoms with Crippen molar-refractivity contribution in [1.29, 1.82) is 0 Å².